The number of hydrogen-bond donors (Lipinski definition) is 0. The molecule has 0 aliphatic carbocycles. The van der Waals surface area contributed by atoms with Crippen molar-refractivity contribution in [2.24, 2.45) is 0 Å². The number of aryl methyl sites for hydroxylation is 1. The van der Waals surface area contributed by atoms with Crippen LogP contribution in [0.15, 0.2) is 64.2 Å². The van der Waals surface area contributed by atoms with Crippen LogP contribution in [0.25, 0.3) is 10.9 Å². The molecular formula is C19H16FN3O2. The molecule has 4 aromatic rings. The molecule has 0 aliphatic rings. The Morgan fingerprint density at radius 3 is 2.56 bits per heavy atom. The maximum atomic E-state index is 13.9. The number of fused-ring (bicyclic) bond motifs is 1. The maximum absolute atomic E-state index is 13.9. The fraction of sp³-hybridized carbons (Fsp3) is 0.158. The van der Waals surface area contributed by atoms with Crippen molar-refractivity contribution in [3.8, 4) is 0 Å². The van der Waals surface area contributed by atoms with Crippen LogP contribution in [0.1, 0.15) is 17.0 Å². The number of aromatic nitrogens is 3. The van der Waals surface area contributed by atoms with E-state index in [9.17, 15) is 9.18 Å². The molecule has 0 amide bonds. The zero-order valence-electron chi connectivity index (χ0n) is 13.6. The molecule has 0 aliphatic heterocycles. The van der Waals surface area contributed by atoms with E-state index in [1.807, 2.05) is 19.1 Å². The number of benzene rings is 1. The van der Waals surface area contributed by atoms with Gasteiger partial charge in [0.25, 0.3) is 5.56 Å². The van der Waals surface area contributed by atoms with E-state index in [1.54, 1.807) is 45.8 Å². The van der Waals surface area contributed by atoms with Crippen molar-refractivity contribution in [1.29, 1.82) is 0 Å². The molecule has 0 radical (unpaired) electrons. The van der Waals surface area contributed by atoms with E-state index in [2.05, 4.69) is 5.16 Å². The second-order valence-electron chi connectivity index (χ2n) is 6.02. The zero-order valence-corrected chi connectivity index (χ0v) is 13.6. The largest absolute Gasteiger partial charge is 0.359 e. The first-order valence-electron chi connectivity index (χ1n) is 7.96. The summed E-state index contributed by atoms with van der Waals surface area (Å²) in [7, 11) is 0. The first kappa shape index (κ1) is 15.4. The summed E-state index contributed by atoms with van der Waals surface area (Å²) in [5, 5.41) is 4.67. The van der Waals surface area contributed by atoms with Gasteiger partial charge in [-0.05, 0) is 25.1 Å². The molecular weight excluding hydrogens is 321 g/mol. The lowest BCUT2D eigenvalue weighted by molar-refractivity contribution is 0.372. The van der Waals surface area contributed by atoms with Gasteiger partial charge in [-0.3, -0.25) is 4.79 Å². The molecule has 25 heavy (non-hydrogen) atoms. The van der Waals surface area contributed by atoms with E-state index in [1.165, 1.54) is 6.07 Å². The van der Waals surface area contributed by atoms with Crippen LogP contribution in [-0.4, -0.2) is 14.3 Å². The fourth-order valence-corrected chi connectivity index (χ4v) is 2.97. The Balaban J connectivity index is 1.75. The smallest absolute Gasteiger partial charge is 0.275 e. The van der Waals surface area contributed by atoms with E-state index in [0.29, 0.717) is 29.9 Å². The Bertz CT molecular complexity index is 1110. The SMILES string of the molecule is Cc1cc(Cn2ccc3ccn(Cc4ccccc4F)c3c2=O)on1. The Kier molecular flexibility index (Phi) is 3.72. The van der Waals surface area contributed by atoms with Crippen molar-refractivity contribution < 1.29 is 8.91 Å². The van der Waals surface area contributed by atoms with Crippen molar-refractivity contribution in [3.63, 3.8) is 0 Å². The number of pyridine rings is 1. The van der Waals surface area contributed by atoms with Gasteiger partial charge in [0.05, 0.1) is 18.8 Å². The molecule has 0 fully saturated rings. The Hall–Kier alpha value is -3.15. The van der Waals surface area contributed by atoms with Crippen LogP contribution in [-0.2, 0) is 13.1 Å². The molecule has 0 saturated carbocycles. The zero-order chi connectivity index (χ0) is 17.4. The molecule has 4 rings (SSSR count). The van der Waals surface area contributed by atoms with Crippen LogP contribution in [0, 0.1) is 12.7 Å². The molecule has 0 unspecified atom stereocenters. The van der Waals surface area contributed by atoms with Gasteiger partial charge in [0.2, 0.25) is 0 Å². The highest BCUT2D eigenvalue weighted by molar-refractivity contribution is 5.79. The fourth-order valence-electron chi connectivity index (χ4n) is 2.97. The lowest BCUT2D eigenvalue weighted by atomic mass is 10.2. The van der Waals surface area contributed by atoms with Gasteiger partial charge in [0.1, 0.15) is 11.3 Å². The topological polar surface area (TPSA) is 53.0 Å². The summed E-state index contributed by atoms with van der Waals surface area (Å²) in [5.41, 5.74) is 1.71. The summed E-state index contributed by atoms with van der Waals surface area (Å²) in [6.07, 6.45) is 3.54. The molecule has 3 aromatic heterocycles. The lowest BCUT2D eigenvalue weighted by Gasteiger charge is -2.08. The van der Waals surface area contributed by atoms with Crippen LogP contribution >= 0.6 is 0 Å². The van der Waals surface area contributed by atoms with Gasteiger partial charge in [-0.2, -0.15) is 0 Å². The van der Waals surface area contributed by atoms with Gasteiger partial charge in [0, 0.05) is 29.4 Å². The minimum Gasteiger partial charge on any atom is -0.359 e. The summed E-state index contributed by atoms with van der Waals surface area (Å²) in [6, 6.07) is 12.1. The van der Waals surface area contributed by atoms with Crippen molar-refractivity contribution in [2.75, 3.05) is 0 Å². The Morgan fingerprint density at radius 2 is 1.84 bits per heavy atom. The van der Waals surface area contributed by atoms with Gasteiger partial charge in [-0.1, -0.05) is 23.4 Å². The normalized spacial score (nSPS) is 11.3. The third kappa shape index (κ3) is 2.87. The van der Waals surface area contributed by atoms with E-state index < -0.39 is 0 Å². The van der Waals surface area contributed by atoms with E-state index >= 15 is 0 Å². The summed E-state index contributed by atoms with van der Waals surface area (Å²) >= 11 is 0. The molecule has 0 spiro atoms. The Morgan fingerprint density at radius 1 is 1.08 bits per heavy atom. The van der Waals surface area contributed by atoms with Crippen LogP contribution in [0.5, 0.6) is 0 Å². The van der Waals surface area contributed by atoms with Gasteiger partial charge >= 0.3 is 0 Å². The third-order valence-electron chi connectivity index (χ3n) is 4.19. The van der Waals surface area contributed by atoms with E-state index in [-0.39, 0.29) is 11.4 Å². The van der Waals surface area contributed by atoms with Crippen molar-refractivity contribution in [2.45, 2.75) is 20.0 Å². The second kappa shape index (κ2) is 6.05. The highest BCUT2D eigenvalue weighted by Crippen LogP contribution is 2.16. The predicted molar refractivity (Wildman–Crippen MR) is 92.0 cm³/mol. The summed E-state index contributed by atoms with van der Waals surface area (Å²) < 4.78 is 22.5. The summed E-state index contributed by atoms with van der Waals surface area (Å²) in [4.78, 5) is 12.9. The minimum absolute atomic E-state index is 0.145. The first-order valence-corrected chi connectivity index (χ1v) is 7.96. The highest BCUT2D eigenvalue weighted by Gasteiger charge is 2.11. The highest BCUT2D eigenvalue weighted by atomic mass is 19.1. The number of halogens is 1. The number of rotatable bonds is 4. The molecule has 5 nitrogen and oxygen atoms in total. The maximum Gasteiger partial charge on any atom is 0.275 e. The quantitative estimate of drug-likeness (QED) is 0.574. The van der Waals surface area contributed by atoms with Crippen molar-refractivity contribution in [3.05, 3.63) is 88.0 Å². The first-order chi connectivity index (χ1) is 12.1. The molecule has 3 heterocycles. The van der Waals surface area contributed by atoms with Gasteiger partial charge in [0.15, 0.2) is 5.76 Å². The standard InChI is InChI=1S/C19H16FN3O2/c1-13-10-16(25-21-13)12-23-9-7-14-6-8-22(18(14)19(23)24)11-15-4-2-3-5-17(15)20/h2-10H,11-12H2,1H3. The molecule has 0 saturated heterocycles. The molecule has 0 bridgehead atoms. The monoisotopic (exact) mass is 337 g/mol. The molecule has 0 N–H and O–H groups in total. The second-order valence-corrected chi connectivity index (χ2v) is 6.02. The average molecular weight is 337 g/mol. The summed E-state index contributed by atoms with van der Waals surface area (Å²) in [5.74, 6) is 0.337. The summed E-state index contributed by atoms with van der Waals surface area (Å²) in [6.45, 7) is 2.44. The Labute approximate surface area is 142 Å². The lowest BCUT2D eigenvalue weighted by Crippen LogP contribution is -2.22. The van der Waals surface area contributed by atoms with E-state index in [4.69, 9.17) is 4.52 Å². The van der Waals surface area contributed by atoms with E-state index in [0.717, 1.165) is 11.1 Å². The van der Waals surface area contributed by atoms with Crippen molar-refractivity contribution in [1.82, 2.24) is 14.3 Å². The van der Waals surface area contributed by atoms with Gasteiger partial charge in [-0.15, -0.1) is 0 Å². The van der Waals surface area contributed by atoms with Gasteiger partial charge in [-0.25, -0.2) is 4.39 Å². The van der Waals surface area contributed by atoms with Crippen LogP contribution in [0.2, 0.25) is 0 Å². The van der Waals surface area contributed by atoms with Crippen LogP contribution in [0.3, 0.4) is 0 Å². The van der Waals surface area contributed by atoms with Crippen LogP contribution < -0.4 is 5.56 Å². The molecule has 126 valence electrons. The third-order valence-corrected chi connectivity index (χ3v) is 4.19. The van der Waals surface area contributed by atoms with Crippen molar-refractivity contribution >= 4 is 10.9 Å². The number of hydrogen-bond acceptors (Lipinski definition) is 3. The van der Waals surface area contributed by atoms with Crippen LogP contribution in [0.4, 0.5) is 4.39 Å². The predicted octanol–water partition coefficient (Wildman–Crippen LogP) is 3.34. The minimum atomic E-state index is -0.280. The number of nitrogens with zero attached hydrogens (tertiary/aromatic N) is 3. The molecule has 1 aromatic carbocycles. The molecule has 6 heteroatoms. The van der Waals surface area contributed by atoms with Gasteiger partial charge < -0.3 is 13.7 Å². The average Bonchev–Trinajstić information content (AvgIpc) is 3.19. The molecule has 0 atom stereocenters.